The van der Waals surface area contributed by atoms with Crippen LogP contribution in [0, 0.1) is 65.6 Å². The van der Waals surface area contributed by atoms with Gasteiger partial charge in [0.2, 0.25) is 0 Å². The van der Waals surface area contributed by atoms with Crippen LogP contribution in [-0.2, 0) is 28.5 Å². The van der Waals surface area contributed by atoms with Crippen LogP contribution in [0.15, 0.2) is 0 Å². The van der Waals surface area contributed by atoms with Crippen LogP contribution in [0.3, 0.4) is 0 Å². The summed E-state index contributed by atoms with van der Waals surface area (Å²) in [7, 11) is 0. The Bertz CT molecular complexity index is 896. The van der Waals surface area contributed by atoms with Crippen molar-refractivity contribution < 1.29 is 33.6 Å². The van der Waals surface area contributed by atoms with E-state index in [4.69, 9.17) is 53.8 Å². The number of carbonyl (C=O) groups excluding carboxylic acids is 2. The molecule has 9 nitrogen and oxygen atoms in total. The molecule has 0 aliphatic heterocycles. The molecule has 0 heterocycles. The van der Waals surface area contributed by atoms with Crippen molar-refractivity contribution in [3.8, 4) is 49.2 Å². The molecule has 0 aromatic heterocycles. The quantitative estimate of drug-likeness (QED) is 0.0978. The van der Waals surface area contributed by atoms with Gasteiger partial charge in [-0.25, -0.2) is 0 Å². The molecule has 1 unspecified atom stereocenters. The third kappa shape index (κ3) is 59.3. The number of aliphatic hydroxyl groups excluding tert-OH is 1. The molecular formula is C32H49Br3N2O7. The van der Waals surface area contributed by atoms with Crippen LogP contribution in [0.4, 0.5) is 0 Å². The summed E-state index contributed by atoms with van der Waals surface area (Å²) < 4.78 is 20.0. The Kier molecular flexibility index (Phi) is 45.6. The van der Waals surface area contributed by atoms with Gasteiger partial charge in [0, 0.05) is 30.5 Å². The predicted molar refractivity (Wildman–Crippen MR) is 186 cm³/mol. The lowest BCUT2D eigenvalue weighted by Gasteiger charge is -2.21. The van der Waals surface area contributed by atoms with Crippen molar-refractivity contribution >= 4 is 59.7 Å². The van der Waals surface area contributed by atoms with Gasteiger partial charge in [-0.15, -0.1) is 19.3 Å². The van der Waals surface area contributed by atoms with Crippen molar-refractivity contribution in [3.05, 3.63) is 0 Å². The van der Waals surface area contributed by atoms with E-state index < -0.39 is 29.1 Å². The molecule has 1 atom stereocenters. The maximum absolute atomic E-state index is 11.6. The molecule has 12 heteroatoms. The molecule has 250 valence electrons. The highest BCUT2D eigenvalue weighted by molar-refractivity contribution is 9.09. The number of hydrogen-bond acceptors (Lipinski definition) is 9. The Balaban J connectivity index is -0.000000160. The molecule has 0 amide bonds. The summed E-state index contributed by atoms with van der Waals surface area (Å²) in [5.41, 5.74) is -1.04. The van der Waals surface area contributed by atoms with Crippen molar-refractivity contribution in [2.45, 2.75) is 84.8 Å². The Hall–Kier alpha value is -2.08. The standard InChI is InChI=1S/C13H19NO3.C7H11NO2.C6H9BrO.C3H7BrO.C3H3Br/c1-5-8-16-9-6-7-11(10-14)12(15)17-13(2,3)4;1-7(2,3)10-6(9)4-5-8;1-2-5-8-6-3-4-7;4-2-1-3-5;1-2-3-4/h1,11H,6-9H2,2-4H3;4H2,1-3H3;1H,3-6H2;5H,1-3H2;1H,3H2. The molecule has 0 bridgehead atoms. The van der Waals surface area contributed by atoms with Gasteiger partial charge in [-0.05, 0) is 67.2 Å². The summed E-state index contributed by atoms with van der Waals surface area (Å²) in [6.45, 7) is 12.8. The van der Waals surface area contributed by atoms with Gasteiger partial charge in [0.05, 0.1) is 17.5 Å². The Morgan fingerprint density at radius 1 is 0.795 bits per heavy atom. The van der Waals surface area contributed by atoms with Gasteiger partial charge in [0.25, 0.3) is 0 Å². The number of esters is 2. The van der Waals surface area contributed by atoms with Crippen LogP contribution in [0.5, 0.6) is 0 Å². The van der Waals surface area contributed by atoms with Gasteiger partial charge in [-0.3, -0.25) is 9.59 Å². The van der Waals surface area contributed by atoms with E-state index in [0.29, 0.717) is 38.0 Å². The van der Waals surface area contributed by atoms with E-state index in [0.717, 1.165) is 30.1 Å². The third-order valence-electron chi connectivity index (χ3n) is 3.43. The number of alkyl halides is 3. The smallest absolute Gasteiger partial charge is 0.323 e. The van der Waals surface area contributed by atoms with Crippen LogP contribution in [0.1, 0.15) is 73.6 Å². The van der Waals surface area contributed by atoms with Crippen molar-refractivity contribution in [1.29, 1.82) is 10.5 Å². The fourth-order valence-corrected chi connectivity index (χ4v) is 2.40. The summed E-state index contributed by atoms with van der Waals surface area (Å²) in [6.07, 6.45) is 17.4. The first-order valence-electron chi connectivity index (χ1n) is 13.6. The summed E-state index contributed by atoms with van der Waals surface area (Å²) in [5.74, 6) is 5.41. The maximum atomic E-state index is 11.6. The number of nitriles is 2. The fraction of sp³-hybridized carbons (Fsp3) is 0.688. The number of aliphatic hydroxyl groups is 1. The lowest BCUT2D eigenvalue weighted by Crippen LogP contribution is -2.28. The molecule has 44 heavy (non-hydrogen) atoms. The predicted octanol–water partition coefficient (Wildman–Crippen LogP) is 6.34. The average Bonchev–Trinajstić information content (AvgIpc) is 2.93. The minimum atomic E-state index is -0.733. The van der Waals surface area contributed by atoms with Crippen LogP contribution in [0.2, 0.25) is 0 Å². The summed E-state index contributed by atoms with van der Waals surface area (Å²) in [5, 5.41) is 27.5. The van der Waals surface area contributed by atoms with E-state index in [9.17, 15) is 9.59 Å². The molecule has 0 fully saturated rings. The van der Waals surface area contributed by atoms with Crippen molar-refractivity contribution in [1.82, 2.24) is 0 Å². The molecule has 0 saturated heterocycles. The molecule has 0 radical (unpaired) electrons. The van der Waals surface area contributed by atoms with E-state index in [1.54, 1.807) is 47.6 Å². The molecule has 0 spiro atoms. The number of rotatable bonds is 13. The zero-order chi connectivity index (χ0) is 35.3. The first-order valence-corrected chi connectivity index (χ1v) is 16.9. The normalized spacial score (nSPS) is 10.0. The fourth-order valence-electron chi connectivity index (χ4n) is 1.92. The third-order valence-corrected chi connectivity index (χ3v) is 4.88. The summed E-state index contributed by atoms with van der Waals surface area (Å²) >= 11 is 9.43. The molecule has 0 aromatic rings. The topological polar surface area (TPSA) is 139 Å². The van der Waals surface area contributed by atoms with E-state index in [2.05, 4.69) is 65.6 Å². The minimum absolute atomic E-state index is 0.169. The molecule has 0 rings (SSSR count). The lowest BCUT2D eigenvalue weighted by molar-refractivity contribution is -0.158. The summed E-state index contributed by atoms with van der Waals surface area (Å²) in [4.78, 5) is 22.2. The first-order chi connectivity index (χ1) is 20.6. The largest absolute Gasteiger partial charge is 0.459 e. The van der Waals surface area contributed by atoms with E-state index in [1.807, 2.05) is 6.07 Å². The summed E-state index contributed by atoms with van der Waals surface area (Å²) in [6, 6.07) is 3.66. The van der Waals surface area contributed by atoms with Crippen LogP contribution in [-0.4, -0.2) is 77.3 Å². The zero-order valence-electron chi connectivity index (χ0n) is 26.9. The number of carbonyl (C=O) groups is 2. The number of ether oxygens (including phenoxy) is 4. The number of halogens is 3. The van der Waals surface area contributed by atoms with Gasteiger partial charge in [-0.2, -0.15) is 10.5 Å². The average molecular weight is 813 g/mol. The van der Waals surface area contributed by atoms with E-state index in [1.165, 1.54) is 0 Å². The van der Waals surface area contributed by atoms with Gasteiger partial charge in [0.15, 0.2) is 0 Å². The van der Waals surface area contributed by atoms with Gasteiger partial charge in [-0.1, -0.05) is 65.6 Å². The minimum Gasteiger partial charge on any atom is -0.459 e. The van der Waals surface area contributed by atoms with E-state index >= 15 is 0 Å². The van der Waals surface area contributed by atoms with Crippen LogP contribution >= 0.6 is 47.8 Å². The molecule has 0 aromatic carbocycles. The molecule has 1 N–H and O–H groups in total. The number of hydrogen-bond donors (Lipinski definition) is 1. The highest BCUT2D eigenvalue weighted by Crippen LogP contribution is 2.14. The first kappa shape index (κ1) is 51.5. The monoisotopic (exact) mass is 810 g/mol. The Morgan fingerprint density at radius 2 is 1.25 bits per heavy atom. The van der Waals surface area contributed by atoms with Gasteiger partial charge in [0.1, 0.15) is 36.8 Å². The van der Waals surface area contributed by atoms with Crippen LogP contribution < -0.4 is 0 Å². The van der Waals surface area contributed by atoms with Crippen LogP contribution in [0.25, 0.3) is 0 Å². The zero-order valence-corrected chi connectivity index (χ0v) is 31.7. The second-order valence-electron chi connectivity index (χ2n) is 9.94. The highest BCUT2D eigenvalue weighted by Gasteiger charge is 2.24. The molecule has 0 aliphatic rings. The lowest BCUT2D eigenvalue weighted by atomic mass is 10.1. The number of nitrogens with zero attached hydrogens (tertiary/aromatic N) is 2. The molecule has 0 aliphatic carbocycles. The Morgan fingerprint density at radius 3 is 1.55 bits per heavy atom. The number of terminal acetylenes is 3. The maximum Gasteiger partial charge on any atom is 0.323 e. The molecular weight excluding hydrogens is 764 g/mol. The second-order valence-corrected chi connectivity index (χ2v) is 12.1. The van der Waals surface area contributed by atoms with Gasteiger partial charge >= 0.3 is 11.9 Å². The Labute approximate surface area is 291 Å². The van der Waals surface area contributed by atoms with Gasteiger partial charge < -0.3 is 24.1 Å². The SMILES string of the molecule is C#CCBr.C#CCOCCCBr.C#CCOCCCC(C#N)C(=O)OC(C)(C)C.CC(C)(C)OC(=O)CC#N.OCCCBr. The van der Waals surface area contributed by atoms with Crippen molar-refractivity contribution in [3.63, 3.8) is 0 Å². The highest BCUT2D eigenvalue weighted by atomic mass is 79.9. The van der Waals surface area contributed by atoms with Crippen molar-refractivity contribution in [2.24, 2.45) is 5.92 Å². The molecule has 0 saturated carbocycles. The second kappa shape index (κ2) is 38.9. The van der Waals surface area contributed by atoms with E-state index in [-0.39, 0.29) is 13.0 Å². The van der Waals surface area contributed by atoms with Crippen molar-refractivity contribution in [2.75, 3.05) is 49.0 Å².